The van der Waals surface area contributed by atoms with Crippen molar-refractivity contribution in [1.29, 1.82) is 0 Å². The van der Waals surface area contributed by atoms with E-state index in [1.165, 1.54) is 5.56 Å². The van der Waals surface area contributed by atoms with Crippen LogP contribution in [-0.4, -0.2) is 29.1 Å². The number of benzene rings is 1. The van der Waals surface area contributed by atoms with Gasteiger partial charge in [-0.1, -0.05) is 12.1 Å². The van der Waals surface area contributed by atoms with Crippen LogP contribution in [0.2, 0.25) is 0 Å². The first-order valence-electron chi connectivity index (χ1n) is 10.4. The van der Waals surface area contributed by atoms with Crippen LogP contribution in [0.5, 0.6) is 5.75 Å². The predicted molar refractivity (Wildman–Crippen MR) is 107 cm³/mol. The number of para-hydroxylation sites is 1. The molecule has 2 heterocycles. The van der Waals surface area contributed by atoms with E-state index >= 15 is 0 Å². The molecule has 6 rings (SSSR count). The largest absolute Gasteiger partial charge is 0.467 e. The SMILES string of the molecule is O=C1N[C@]2(C[C@H]3CC[C@H]2C[C@@H]3C(=O)NCCc2ccncc2)Oc2ccccc21. The Morgan fingerprint density at radius 2 is 2.03 bits per heavy atom. The topological polar surface area (TPSA) is 80.3 Å². The highest BCUT2D eigenvalue weighted by atomic mass is 16.5. The van der Waals surface area contributed by atoms with E-state index in [9.17, 15) is 9.59 Å². The Balaban J connectivity index is 1.25. The van der Waals surface area contributed by atoms with Crippen LogP contribution in [0.15, 0.2) is 48.8 Å². The van der Waals surface area contributed by atoms with Crippen LogP contribution in [-0.2, 0) is 11.2 Å². The van der Waals surface area contributed by atoms with E-state index in [1.54, 1.807) is 18.5 Å². The number of carbonyl (C=O) groups is 2. The van der Waals surface area contributed by atoms with Crippen molar-refractivity contribution >= 4 is 11.8 Å². The van der Waals surface area contributed by atoms with E-state index in [1.807, 2.05) is 30.3 Å². The van der Waals surface area contributed by atoms with Crippen LogP contribution in [0, 0.1) is 17.8 Å². The second-order valence-corrected chi connectivity index (χ2v) is 8.42. The zero-order valence-corrected chi connectivity index (χ0v) is 16.3. The number of rotatable bonds is 4. The molecule has 6 nitrogen and oxygen atoms in total. The number of nitrogens with zero attached hydrogens (tertiary/aromatic N) is 1. The van der Waals surface area contributed by atoms with Gasteiger partial charge in [0.2, 0.25) is 5.91 Å². The molecular weight excluding hydrogens is 366 g/mol. The van der Waals surface area contributed by atoms with Gasteiger partial charge in [-0.2, -0.15) is 0 Å². The first-order valence-corrected chi connectivity index (χ1v) is 10.4. The fourth-order valence-electron chi connectivity index (χ4n) is 5.29. The highest BCUT2D eigenvalue weighted by molar-refractivity contribution is 5.98. The van der Waals surface area contributed by atoms with Crippen molar-refractivity contribution in [2.24, 2.45) is 17.8 Å². The molecule has 4 aliphatic rings. The highest BCUT2D eigenvalue weighted by Crippen LogP contribution is 2.52. The van der Waals surface area contributed by atoms with Gasteiger partial charge in [-0.3, -0.25) is 14.6 Å². The van der Waals surface area contributed by atoms with Crippen LogP contribution in [0.1, 0.15) is 41.6 Å². The lowest BCUT2D eigenvalue weighted by atomic mass is 9.60. The summed E-state index contributed by atoms with van der Waals surface area (Å²) in [6.07, 6.45) is 7.79. The molecule has 0 saturated heterocycles. The van der Waals surface area contributed by atoms with Crippen molar-refractivity contribution in [3.63, 3.8) is 0 Å². The van der Waals surface area contributed by atoms with Gasteiger partial charge < -0.3 is 15.4 Å². The van der Waals surface area contributed by atoms with E-state index in [4.69, 9.17) is 4.74 Å². The van der Waals surface area contributed by atoms with E-state index in [2.05, 4.69) is 15.6 Å². The fraction of sp³-hybridized carbons (Fsp3) is 0.435. The highest BCUT2D eigenvalue weighted by Gasteiger charge is 2.57. The van der Waals surface area contributed by atoms with E-state index in [0.717, 1.165) is 25.7 Å². The third kappa shape index (κ3) is 3.26. The molecule has 0 radical (unpaired) electrons. The molecule has 1 aliphatic heterocycles. The van der Waals surface area contributed by atoms with Crippen LogP contribution < -0.4 is 15.4 Å². The third-order valence-electron chi connectivity index (χ3n) is 6.77. The molecule has 2 bridgehead atoms. The van der Waals surface area contributed by atoms with E-state index in [-0.39, 0.29) is 29.6 Å². The Morgan fingerprint density at radius 1 is 1.21 bits per heavy atom. The van der Waals surface area contributed by atoms with Crippen molar-refractivity contribution in [3.8, 4) is 5.75 Å². The first kappa shape index (κ1) is 18.2. The summed E-state index contributed by atoms with van der Waals surface area (Å²) >= 11 is 0. The molecule has 2 amide bonds. The molecule has 29 heavy (non-hydrogen) atoms. The Bertz CT molecular complexity index is 932. The van der Waals surface area contributed by atoms with Gasteiger partial charge >= 0.3 is 0 Å². The Hall–Kier alpha value is -2.89. The van der Waals surface area contributed by atoms with Gasteiger partial charge in [0.15, 0.2) is 5.72 Å². The number of fused-ring (bicyclic) bond motifs is 3. The normalized spacial score (nSPS) is 29.7. The Morgan fingerprint density at radius 3 is 2.83 bits per heavy atom. The average Bonchev–Trinajstić information content (AvgIpc) is 2.75. The van der Waals surface area contributed by atoms with Gasteiger partial charge in [0.25, 0.3) is 5.91 Å². The predicted octanol–water partition coefficient (Wildman–Crippen LogP) is 2.70. The molecule has 3 saturated carbocycles. The molecule has 4 atom stereocenters. The number of pyridine rings is 1. The summed E-state index contributed by atoms with van der Waals surface area (Å²) in [6.45, 7) is 0.627. The summed E-state index contributed by atoms with van der Waals surface area (Å²) in [7, 11) is 0. The van der Waals surface area contributed by atoms with Crippen LogP contribution in [0.25, 0.3) is 0 Å². The molecule has 2 aromatic rings. The quantitative estimate of drug-likeness (QED) is 0.840. The van der Waals surface area contributed by atoms with Gasteiger partial charge in [-0.05, 0) is 61.4 Å². The zero-order valence-electron chi connectivity index (χ0n) is 16.3. The smallest absolute Gasteiger partial charge is 0.258 e. The van der Waals surface area contributed by atoms with Crippen LogP contribution >= 0.6 is 0 Å². The van der Waals surface area contributed by atoms with Crippen molar-refractivity contribution in [2.45, 2.75) is 37.8 Å². The van der Waals surface area contributed by atoms with Crippen LogP contribution in [0.3, 0.4) is 0 Å². The second-order valence-electron chi connectivity index (χ2n) is 8.42. The molecule has 6 heteroatoms. The number of nitrogens with one attached hydrogen (secondary N) is 2. The minimum atomic E-state index is -0.665. The summed E-state index contributed by atoms with van der Waals surface area (Å²) in [6, 6.07) is 11.3. The number of hydrogen-bond donors (Lipinski definition) is 2. The first-order chi connectivity index (χ1) is 14.1. The summed E-state index contributed by atoms with van der Waals surface area (Å²) in [5.41, 5.74) is 1.09. The summed E-state index contributed by atoms with van der Waals surface area (Å²) in [5, 5.41) is 6.26. The van der Waals surface area contributed by atoms with Crippen molar-refractivity contribution < 1.29 is 14.3 Å². The molecule has 1 aromatic carbocycles. The molecule has 1 aromatic heterocycles. The number of hydrogen-bond acceptors (Lipinski definition) is 4. The zero-order chi connectivity index (χ0) is 19.8. The molecule has 2 N–H and O–H groups in total. The molecule has 150 valence electrons. The third-order valence-corrected chi connectivity index (χ3v) is 6.77. The lowest BCUT2D eigenvalue weighted by Crippen LogP contribution is -2.66. The van der Waals surface area contributed by atoms with Gasteiger partial charge in [-0.25, -0.2) is 0 Å². The molecule has 3 fully saturated rings. The van der Waals surface area contributed by atoms with Crippen molar-refractivity contribution in [2.75, 3.05) is 6.54 Å². The van der Waals surface area contributed by atoms with E-state index in [0.29, 0.717) is 24.3 Å². The number of ether oxygens (including phenoxy) is 1. The Labute approximate surface area is 170 Å². The Kier molecular flexibility index (Phi) is 4.49. The maximum absolute atomic E-state index is 12.9. The second kappa shape index (κ2) is 7.17. The fourth-order valence-corrected chi connectivity index (χ4v) is 5.29. The van der Waals surface area contributed by atoms with E-state index < -0.39 is 5.72 Å². The van der Waals surface area contributed by atoms with Gasteiger partial charge in [0, 0.05) is 37.2 Å². The average molecular weight is 391 g/mol. The van der Waals surface area contributed by atoms with Crippen molar-refractivity contribution in [3.05, 3.63) is 59.9 Å². The lowest BCUT2D eigenvalue weighted by Gasteiger charge is -2.55. The molecule has 0 unspecified atom stereocenters. The summed E-state index contributed by atoms with van der Waals surface area (Å²) in [5.74, 6) is 1.09. The minimum Gasteiger partial charge on any atom is -0.467 e. The summed E-state index contributed by atoms with van der Waals surface area (Å²) in [4.78, 5) is 29.5. The molecule has 3 aliphatic carbocycles. The molecule has 1 spiro atoms. The monoisotopic (exact) mass is 391 g/mol. The maximum Gasteiger partial charge on any atom is 0.258 e. The van der Waals surface area contributed by atoms with Gasteiger partial charge in [0.05, 0.1) is 5.56 Å². The van der Waals surface area contributed by atoms with Gasteiger partial charge in [-0.15, -0.1) is 0 Å². The summed E-state index contributed by atoms with van der Waals surface area (Å²) < 4.78 is 6.36. The van der Waals surface area contributed by atoms with Gasteiger partial charge in [0.1, 0.15) is 5.75 Å². The number of amides is 2. The number of aromatic nitrogens is 1. The lowest BCUT2D eigenvalue weighted by molar-refractivity contribution is -0.146. The maximum atomic E-state index is 12.9. The minimum absolute atomic E-state index is 0.00510. The van der Waals surface area contributed by atoms with Crippen molar-refractivity contribution in [1.82, 2.24) is 15.6 Å². The standard InChI is InChI=1S/C23H25N3O3/c27-21(25-12-9-15-7-10-24-11-8-15)19-13-17-6-5-16(19)14-23(17)26-22(28)18-3-1-2-4-20(18)29-23/h1-4,7-8,10-11,16-17,19H,5-6,9,12-14H2,(H,25,27)(H,26,28)/t16-,17+,19+,23-/m1/s1. The molecular formula is C23H25N3O3. The van der Waals surface area contributed by atoms with Crippen LogP contribution in [0.4, 0.5) is 0 Å². The number of carbonyl (C=O) groups excluding carboxylic acids is 2.